The van der Waals surface area contributed by atoms with Crippen molar-refractivity contribution in [3.8, 4) is 0 Å². The molecule has 5 amide bonds. The van der Waals surface area contributed by atoms with Crippen molar-refractivity contribution in [1.29, 1.82) is 0 Å². The summed E-state index contributed by atoms with van der Waals surface area (Å²) in [6.45, 7) is 7.57. The number of hydrogen-bond acceptors (Lipinski definition) is 4. The molecular formula is C23H31N5O4. The van der Waals surface area contributed by atoms with Gasteiger partial charge in [-0.2, -0.15) is 0 Å². The number of carbonyl (C=O) groups excluding carboxylic acids is 4. The Morgan fingerprint density at radius 3 is 2.50 bits per heavy atom. The van der Waals surface area contributed by atoms with Crippen molar-refractivity contribution in [1.82, 2.24) is 20.9 Å². The van der Waals surface area contributed by atoms with Gasteiger partial charge in [0.1, 0.15) is 12.1 Å². The van der Waals surface area contributed by atoms with Crippen molar-refractivity contribution in [2.24, 2.45) is 5.73 Å². The zero-order chi connectivity index (χ0) is 23.7. The van der Waals surface area contributed by atoms with Crippen molar-refractivity contribution in [2.45, 2.75) is 44.8 Å². The molecule has 9 heteroatoms. The van der Waals surface area contributed by atoms with Crippen LogP contribution in [0.15, 0.2) is 54.6 Å². The van der Waals surface area contributed by atoms with Gasteiger partial charge in [0.15, 0.2) is 0 Å². The van der Waals surface area contributed by atoms with E-state index < -0.39 is 36.0 Å². The summed E-state index contributed by atoms with van der Waals surface area (Å²) in [6.07, 6.45) is 3.44. The second-order valence-electron chi connectivity index (χ2n) is 7.96. The van der Waals surface area contributed by atoms with E-state index in [-0.39, 0.29) is 25.3 Å². The molecule has 1 aromatic carbocycles. The largest absolute Gasteiger partial charge is 0.368 e. The SMILES string of the molecule is C=CCNC(=O)NC1CC(C(=O)NC(Cc2ccccc2)C(N)=O)N(C(=O)C=C(C)C)C1. The second-order valence-corrected chi connectivity index (χ2v) is 7.96. The van der Waals surface area contributed by atoms with Gasteiger partial charge >= 0.3 is 6.03 Å². The number of allylic oxidation sites excluding steroid dienone is 1. The first-order chi connectivity index (χ1) is 15.2. The van der Waals surface area contributed by atoms with Crippen LogP contribution in [-0.2, 0) is 20.8 Å². The van der Waals surface area contributed by atoms with Crippen LogP contribution in [-0.4, -0.2) is 59.9 Å². The van der Waals surface area contributed by atoms with Crippen molar-refractivity contribution in [3.63, 3.8) is 0 Å². The molecule has 0 radical (unpaired) electrons. The number of primary amides is 1. The fourth-order valence-electron chi connectivity index (χ4n) is 3.50. The van der Waals surface area contributed by atoms with Crippen LogP contribution >= 0.6 is 0 Å². The average Bonchev–Trinajstić information content (AvgIpc) is 3.16. The molecule has 2 rings (SSSR count). The first-order valence-electron chi connectivity index (χ1n) is 10.5. The van der Waals surface area contributed by atoms with E-state index in [1.54, 1.807) is 19.9 Å². The van der Waals surface area contributed by atoms with Crippen LogP contribution in [0, 0.1) is 0 Å². The van der Waals surface area contributed by atoms with Gasteiger partial charge < -0.3 is 26.6 Å². The molecule has 5 N–H and O–H groups in total. The molecular weight excluding hydrogens is 410 g/mol. The minimum Gasteiger partial charge on any atom is -0.368 e. The Balaban J connectivity index is 2.14. The number of rotatable bonds is 9. The lowest BCUT2D eigenvalue weighted by Crippen LogP contribution is -2.52. The van der Waals surface area contributed by atoms with Gasteiger partial charge in [0.05, 0.1) is 6.04 Å². The summed E-state index contributed by atoms with van der Waals surface area (Å²) in [6, 6.07) is 6.59. The summed E-state index contributed by atoms with van der Waals surface area (Å²) in [5.74, 6) is -1.49. The minimum atomic E-state index is -0.923. The highest BCUT2D eigenvalue weighted by Crippen LogP contribution is 2.20. The Kier molecular flexibility index (Phi) is 9.00. The third kappa shape index (κ3) is 7.26. The summed E-state index contributed by atoms with van der Waals surface area (Å²) < 4.78 is 0. The molecule has 172 valence electrons. The third-order valence-electron chi connectivity index (χ3n) is 4.98. The maximum Gasteiger partial charge on any atom is 0.315 e. The van der Waals surface area contributed by atoms with E-state index in [2.05, 4.69) is 22.5 Å². The van der Waals surface area contributed by atoms with Crippen LogP contribution < -0.4 is 21.7 Å². The number of nitrogens with two attached hydrogens (primary N) is 1. The number of nitrogens with one attached hydrogen (secondary N) is 3. The first-order valence-corrected chi connectivity index (χ1v) is 10.5. The fourth-order valence-corrected chi connectivity index (χ4v) is 3.50. The summed E-state index contributed by atoms with van der Waals surface area (Å²) in [5, 5.41) is 8.06. The molecule has 1 aromatic rings. The van der Waals surface area contributed by atoms with Gasteiger partial charge in [0.2, 0.25) is 17.7 Å². The quantitative estimate of drug-likeness (QED) is 0.330. The molecule has 0 aromatic heterocycles. The van der Waals surface area contributed by atoms with E-state index in [0.29, 0.717) is 6.54 Å². The number of benzene rings is 1. The van der Waals surface area contributed by atoms with E-state index in [0.717, 1.165) is 11.1 Å². The molecule has 1 aliphatic rings. The zero-order valence-corrected chi connectivity index (χ0v) is 18.5. The monoisotopic (exact) mass is 441 g/mol. The van der Waals surface area contributed by atoms with E-state index in [4.69, 9.17) is 5.73 Å². The molecule has 0 saturated carbocycles. The fraction of sp³-hybridized carbons (Fsp3) is 0.391. The Labute approximate surface area is 188 Å². The molecule has 3 unspecified atom stereocenters. The highest BCUT2D eigenvalue weighted by molar-refractivity contribution is 5.95. The molecule has 1 aliphatic heterocycles. The zero-order valence-electron chi connectivity index (χ0n) is 18.5. The summed E-state index contributed by atoms with van der Waals surface area (Å²) in [7, 11) is 0. The highest BCUT2D eigenvalue weighted by Gasteiger charge is 2.40. The predicted molar refractivity (Wildman–Crippen MR) is 121 cm³/mol. The van der Waals surface area contributed by atoms with Gasteiger partial charge in [-0.15, -0.1) is 6.58 Å². The highest BCUT2D eigenvalue weighted by atomic mass is 16.2. The normalized spacial score (nSPS) is 18.2. The van der Waals surface area contributed by atoms with Gasteiger partial charge in [-0.3, -0.25) is 14.4 Å². The Morgan fingerprint density at radius 1 is 1.22 bits per heavy atom. The molecule has 0 bridgehead atoms. The van der Waals surface area contributed by atoms with Gasteiger partial charge in [0, 0.05) is 25.6 Å². The lowest BCUT2D eigenvalue weighted by atomic mass is 10.0. The maximum atomic E-state index is 13.1. The number of hydrogen-bond donors (Lipinski definition) is 4. The standard InChI is InChI=1S/C23H31N5O4/c1-4-10-25-23(32)26-17-13-19(28(14-17)20(29)11-15(2)3)22(31)27-18(21(24)30)12-16-8-6-5-7-9-16/h4-9,11,17-19H,1,10,12-14H2,2-3H3,(H2,24,30)(H,27,31)(H2,25,26,32). The van der Waals surface area contributed by atoms with Crippen molar-refractivity contribution in [3.05, 3.63) is 60.2 Å². The van der Waals surface area contributed by atoms with Crippen LogP contribution in [0.25, 0.3) is 0 Å². The molecule has 0 spiro atoms. The lowest BCUT2D eigenvalue weighted by Gasteiger charge is -2.25. The van der Waals surface area contributed by atoms with E-state index in [9.17, 15) is 19.2 Å². The van der Waals surface area contributed by atoms with Gasteiger partial charge in [-0.25, -0.2) is 4.79 Å². The topological polar surface area (TPSA) is 134 Å². The number of likely N-dealkylation sites (tertiary alicyclic amines) is 1. The number of amides is 5. The number of urea groups is 1. The van der Waals surface area contributed by atoms with Crippen molar-refractivity contribution in [2.75, 3.05) is 13.1 Å². The van der Waals surface area contributed by atoms with E-state index in [1.807, 2.05) is 30.3 Å². The maximum absolute atomic E-state index is 13.1. The van der Waals surface area contributed by atoms with Crippen LogP contribution in [0.5, 0.6) is 0 Å². The molecule has 1 saturated heterocycles. The van der Waals surface area contributed by atoms with Crippen molar-refractivity contribution < 1.29 is 19.2 Å². The second kappa shape index (κ2) is 11.7. The van der Waals surface area contributed by atoms with Crippen LogP contribution in [0.4, 0.5) is 4.79 Å². The Bertz CT molecular complexity index is 880. The third-order valence-corrected chi connectivity index (χ3v) is 4.98. The first kappa shape index (κ1) is 24.6. The van der Waals surface area contributed by atoms with Crippen LogP contribution in [0.1, 0.15) is 25.8 Å². The van der Waals surface area contributed by atoms with Gasteiger partial charge in [0.25, 0.3) is 0 Å². The predicted octanol–water partition coefficient (Wildman–Crippen LogP) is 0.620. The van der Waals surface area contributed by atoms with Crippen LogP contribution in [0.3, 0.4) is 0 Å². The summed E-state index contributed by atoms with van der Waals surface area (Å²) in [5.41, 5.74) is 7.15. The Morgan fingerprint density at radius 2 is 1.91 bits per heavy atom. The molecule has 9 nitrogen and oxygen atoms in total. The number of nitrogens with zero attached hydrogens (tertiary/aromatic N) is 1. The van der Waals surface area contributed by atoms with Crippen molar-refractivity contribution >= 4 is 23.8 Å². The Hall–Kier alpha value is -3.62. The average molecular weight is 442 g/mol. The lowest BCUT2D eigenvalue weighted by molar-refractivity contribution is -0.136. The van der Waals surface area contributed by atoms with Gasteiger partial charge in [-0.05, 0) is 25.8 Å². The molecule has 3 atom stereocenters. The molecule has 32 heavy (non-hydrogen) atoms. The van der Waals surface area contributed by atoms with E-state index in [1.165, 1.54) is 11.0 Å². The summed E-state index contributed by atoms with van der Waals surface area (Å²) >= 11 is 0. The molecule has 0 aliphatic carbocycles. The minimum absolute atomic E-state index is 0.169. The molecule has 1 heterocycles. The van der Waals surface area contributed by atoms with Gasteiger partial charge in [-0.1, -0.05) is 42.0 Å². The summed E-state index contributed by atoms with van der Waals surface area (Å²) in [4.78, 5) is 51.2. The van der Waals surface area contributed by atoms with Crippen LogP contribution in [0.2, 0.25) is 0 Å². The number of carbonyl (C=O) groups is 4. The van der Waals surface area contributed by atoms with E-state index >= 15 is 0 Å². The molecule has 1 fully saturated rings. The smallest absolute Gasteiger partial charge is 0.315 e.